The minimum absolute atomic E-state index is 0.127. The number of carbonyl (C=O) groups excluding carboxylic acids is 2. The molecule has 0 spiro atoms. The number of unbranched alkanes of at least 4 members (excludes halogenated alkanes) is 2. The van der Waals surface area contributed by atoms with Crippen LogP contribution in [0, 0.1) is 0 Å². The second-order valence-corrected chi connectivity index (χ2v) is 12.5. The first kappa shape index (κ1) is 23.6. The predicted octanol–water partition coefficient (Wildman–Crippen LogP) is 5.89. The van der Waals surface area contributed by atoms with Gasteiger partial charge in [0.25, 0.3) is 0 Å². The van der Waals surface area contributed by atoms with Crippen molar-refractivity contribution in [2.45, 2.75) is 81.1 Å². The van der Waals surface area contributed by atoms with E-state index in [0.717, 1.165) is 36.2 Å². The third-order valence-electron chi connectivity index (χ3n) is 4.58. The lowest BCUT2D eigenvalue weighted by Crippen LogP contribution is -2.11. The van der Waals surface area contributed by atoms with Crippen LogP contribution in [0.5, 0.6) is 0 Å². The number of hydrogen-bond acceptors (Lipinski definition) is 8. The Bertz CT molecular complexity index is 386. The fraction of sp³-hybridized carbons (Fsp3) is 0.895. The molecular weight excluding hydrogens is 420 g/mol. The van der Waals surface area contributed by atoms with Crippen molar-refractivity contribution in [3.63, 3.8) is 0 Å². The maximum absolute atomic E-state index is 11.7. The second-order valence-electron chi connectivity index (χ2n) is 6.94. The molecule has 0 bridgehead atoms. The Morgan fingerprint density at radius 2 is 1.19 bits per heavy atom. The van der Waals surface area contributed by atoms with Crippen molar-refractivity contribution in [2.24, 2.45) is 0 Å². The van der Waals surface area contributed by atoms with Gasteiger partial charge in [0.15, 0.2) is 0 Å². The molecule has 4 nitrogen and oxygen atoms in total. The zero-order valence-corrected chi connectivity index (χ0v) is 19.3. The molecule has 0 aliphatic carbocycles. The minimum Gasteiger partial charge on any atom is -0.466 e. The van der Waals surface area contributed by atoms with Crippen LogP contribution in [0.25, 0.3) is 0 Å². The first-order valence-corrected chi connectivity index (χ1v) is 14.9. The Morgan fingerprint density at radius 3 is 1.59 bits per heavy atom. The van der Waals surface area contributed by atoms with Crippen LogP contribution in [0.3, 0.4) is 0 Å². The topological polar surface area (TPSA) is 52.6 Å². The van der Waals surface area contributed by atoms with Crippen molar-refractivity contribution in [1.82, 2.24) is 0 Å². The average molecular weight is 453 g/mol. The van der Waals surface area contributed by atoms with Crippen LogP contribution < -0.4 is 0 Å². The van der Waals surface area contributed by atoms with Gasteiger partial charge in [0.2, 0.25) is 0 Å². The van der Waals surface area contributed by atoms with E-state index >= 15 is 0 Å². The number of rotatable bonds is 14. The van der Waals surface area contributed by atoms with Gasteiger partial charge >= 0.3 is 11.9 Å². The molecule has 2 rings (SSSR count). The predicted molar refractivity (Wildman–Crippen MR) is 120 cm³/mol. The largest absolute Gasteiger partial charge is 0.466 e. The Balaban J connectivity index is 1.32. The van der Waals surface area contributed by atoms with Crippen molar-refractivity contribution < 1.29 is 19.1 Å². The highest BCUT2D eigenvalue weighted by Gasteiger charge is 2.17. The molecule has 2 unspecified atom stereocenters. The van der Waals surface area contributed by atoms with E-state index < -0.39 is 0 Å². The van der Waals surface area contributed by atoms with E-state index in [2.05, 4.69) is 0 Å². The summed E-state index contributed by atoms with van der Waals surface area (Å²) in [5, 5.41) is 1.56. The molecule has 0 amide bonds. The molecule has 2 saturated heterocycles. The van der Waals surface area contributed by atoms with Crippen LogP contribution in [0.4, 0.5) is 0 Å². The molecular formula is C19H32O4S4. The summed E-state index contributed by atoms with van der Waals surface area (Å²) in [7, 11) is 7.91. The van der Waals surface area contributed by atoms with E-state index in [-0.39, 0.29) is 11.9 Å². The molecule has 27 heavy (non-hydrogen) atoms. The summed E-state index contributed by atoms with van der Waals surface area (Å²) in [5.74, 6) is 2.28. The van der Waals surface area contributed by atoms with Crippen LogP contribution in [0.15, 0.2) is 0 Å². The molecule has 0 aromatic rings. The van der Waals surface area contributed by atoms with Gasteiger partial charge in [-0.05, 0) is 38.5 Å². The molecule has 2 aliphatic rings. The molecule has 0 aromatic heterocycles. The summed E-state index contributed by atoms with van der Waals surface area (Å²) < 4.78 is 10.4. The summed E-state index contributed by atoms with van der Waals surface area (Å²) in [6.45, 7) is 0.690. The minimum atomic E-state index is -0.127. The fourth-order valence-electron chi connectivity index (χ4n) is 2.99. The van der Waals surface area contributed by atoms with Gasteiger partial charge in [0.1, 0.15) is 0 Å². The summed E-state index contributed by atoms with van der Waals surface area (Å²) in [5.41, 5.74) is 0. The lowest BCUT2D eigenvalue weighted by atomic mass is 10.1. The fourth-order valence-corrected chi connectivity index (χ4v) is 9.04. The average Bonchev–Trinajstić information content (AvgIpc) is 3.36. The zero-order chi connectivity index (χ0) is 19.2. The standard InChI is InChI=1S/C19H32O4S4/c20-18(8-3-1-6-16-10-14-24-26-16)22-12-5-13-23-19(21)9-4-2-7-17-11-15-25-27-17/h16-17H,1-15H2. The van der Waals surface area contributed by atoms with Gasteiger partial charge in [-0.1, -0.05) is 56.0 Å². The van der Waals surface area contributed by atoms with Gasteiger partial charge in [-0.25, -0.2) is 0 Å². The molecule has 2 fully saturated rings. The van der Waals surface area contributed by atoms with Crippen molar-refractivity contribution >= 4 is 55.1 Å². The maximum atomic E-state index is 11.7. The molecule has 2 heterocycles. The third-order valence-corrected chi connectivity index (χ3v) is 10.6. The van der Waals surface area contributed by atoms with Gasteiger partial charge in [-0.3, -0.25) is 9.59 Å². The van der Waals surface area contributed by atoms with Gasteiger partial charge in [-0.2, -0.15) is 0 Å². The number of hydrogen-bond donors (Lipinski definition) is 0. The van der Waals surface area contributed by atoms with Gasteiger partial charge < -0.3 is 9.47 Å². The van der Waals surface area contributed by atoms with E-state index in [4.69, 9.17) is 9.47 Å². The van der Waals surface area contributed by atoms with Crippen molar-refractivity contribution in [2.75, 3.05) is 24.7 Å². The lowest BCUT2D eigenvalue weighted by Gasteiger charge is -2.08. The molecule has 156 valence electrons. The van der Waals surface area contributed by atoms with Crippen LogP contribution in [-0.4, -0.2) is 47.2 Å². The zero-order valence-electron chi connectivity index (χ0n) is 16.0. The van der Waals surface area contributed by atoms with Crippen molar-refractivity contribution in [3.8, 4) is 0 Å². The van der Waals surface area contributed by atoms with E-state index in [0.29, 0.717) is 32.5 Å². The van der Waals surface area contributed by atoms with Gasteiger partial charge in [0.05, 0.1) is 13.2 Å². The monoisotopic (exact) mass is 452 g/mol. The van der Waals surface area contributed by atoms with Gasteiger partial charge in [-0.15, -0.1) is 0 Å². The summed E-state index contributed by atoms with van der Waals surface area (Å²) in [6, 6.07) is 0. The molecule has 0 radical (unpaired) electrons. The van der Waals surface area contributed by atoms with E-state index in [1.165, 1.54) is 37.2 Å². The first-order chi connectivity index (χ1) is 13.2. The maximum Gasteiger partial charge on any atom is 0.305 e. The Labute approximate surface area is 179 Å². The smallest absolute Gasteiger partial charge is 0.305 e. The molecule has 8 heteroatoms. The molecule has 0 aromatic carbocycles. The van der Waals surface area contributed by atoms with Crippen molar-refractivity contribution in [1.29, 1.82) is 0 Å². The third kappa shape index (κ3) is 11.8. The van der Waals surface area contributed by atoms with E-state index in [9.17, 15) is 9.59 Å². The SMILES string of the molecule is O=C(CCCCC1CCSS1)OCCCOC(=O)CCCCC1CCSS1. The van der Waals surface area contributed by atoms with Crippen LogP contribution in [0.1, 0.15) is 70.6 Å². The number of carbonyl (C=O) groups is 2. The molecule has 2 aliphatic heterocycles. The first-order valence-electron chi connectivity index (χ1n) is 10.1. The Morgan fingerprint density at radius 1 is 0.704 bits per heavy atom. The molecule has 2 atom stereocenters. The molecule has 0 N–H and O–H groups in total. The summed E-state index contributed by atoms with van der Waals surface area (Å²) >= 11 is 0. The molecule has 0 saturated carbocycles. The Kier molecular flexibility index (Phi) is 13.3. The summed E-state index contributed by atoms with van der Waals surface area (Å²) in [6.07, 6.45) is 10.6. The lowest BCUT2D eigenvalue weighted by molar-refractivity contribution is -0.146. The normalized spacial score (nSPS) is 22.1. The van der Waals surface area contributed by atoms with Crippen LogP contribution in [-0.2, 0) is 19.1 Å². The number of esters is 2. The highest BCUT2D eigenvalue weighted by Crippen LogP contribution is 2.40. The highest BCUT2D eigenvalue weighted by atomic mass is 33.1. The summed E-state index contributed by atoms with van der Waals surface area (Å²) in [4.78, 5) is 23.4. The van der Waals surface area contributed by atoms with Crippen LogP contribution >= 0.6 is 43.2 Å². The van der Waals surface area contributed by atoms with E-state index in [1.54, 1.807) is 0 Å². The highest BCUT2D eigenvalue weighted by molar-refractivity contribution is 8.77. The van der Waals surface area contributed by atoms with Crippen molar-refractivity contribution in [3.05, 3.63) is 0 Å². The van der Waals surface area contributed by atoms with E-state index in [1.807, 2.05) is 43.2 Å². The van der Waals surface area contributed by atoms with Crippen LogP contribution in [0.2, 0.25) is 0 Å². The number of ether oxygens (including phenoxy) is 2. The van der Waals surface area contributed by atoms with Gasteiger partial charge in [0, 0.05) is 41.3 Å². The Hall–Kier alpha value is 0.340. The quantitative estimate of drug-likeness (QED) is 0.184. The second kappa shape index (κ2) is 15.2.